The smallest absolute Gasteiger partial charge is 0.0699 e. The summed E-state index contributed by atoms with van der Waals surface area (Å²) in [6.07, 6.45) is 10.7. The molecule has 0 rings (SSSR count). The minimum atomic E-state index is 0.428. The van der Waals surface area contributed by atoms with Gasteiger partial charge in [0.15, 0.2) is 0 Å². The van der Waals surface area contributed by atoms with Crippen molar-refractivity contribution in [2.45, 2.75) is 78.2 Å². The zero-order chi connectivity index (χ0) is 12.8. The Bertz CT molecular complexity index is 139. The molecule has 1 atom stereocenters. The normalized spacial score (nSPS) is 12.9. The predicted octanol–water partition coefficient (Wildman–Crippen LogP) is 4.14. The van der Waals surface area contributed by atoms with E-state index in [0.29, 0.717) is 6.10 Å². The van der Waals surface area contributed by atoms with E-state index >= 15 is 0 Å². The zero-order valence-electron chi connectivity index (χ0n) is 12.3. The average Bonchev–Trinajstić information content (AvgIpc) is 2.34. The molecule has 0 heterocycles. The molecule has 0 aliphatic rings. The molecule has 0 aliphatic heterocycles. The molecule has 1 unspecified atom stereocenters. The van der Waals surface area contributed by atoms with Crippen molar-refractivity contribution in [2.75, 3.05) is 19.7 Å². The molecule has 1 N–H and O–H groups in total. The van der Waals surface area contributed by atoms with E-state index < -0.39 is 0 Å². The van der Waals surface area contributed by atoms with Gasteiger partial charge in [-0.1, -0.05) is 52.9 Å². The number of hydrogen-bond acceptors (Lipinski definition) is 2. The van der Waals surface area contributed by atoms with Crippen molar-refractivity contribution in [3.8, 4) is 0 Å². The summed E-state index contributed by atoms with van der Waals surface area (Å²) in [5.74, 6) is 0. The first-order chi connectivity index (χ1) is 8.35. The Morgan fingerprint density at radius 3 is 2.29 bits per heavy atom. The molecule has 104 valence electrons. The number of hydrogen-bond donors (Lipinski definition) is 1. The Hall–Kier alpha value is -0.0800. The van der Waals surface area contributed by atoms with Gasteiger partial charge in [0.1, 0.15) is 0 Å². The maximum Gasteiger partial charge on any atom is 0.0699 e. The van der Waals surface area contributed by atoms with Gasteiger partial charge in [0.2, 0.25) is 0 Å². The van der Waals surface area contributed by atoms with Gasteiger partial charge >= 0.3 is 0 Å². The molecule has 0 aromatic rings. The van der Waals surface area contributed by atoms with Crippen LogP contribution in [0.25, 0.3) is 0 Å². The molecule has 0 aromatic carbocycles. The Kier molecular flexibility index (Phi) is 13.9. The molecular weight excluding hydrogens is 210 g/mol. The summed E-state index contributed by atoms with van der Waals surface area (Å²) in [6, 6.07) is 0. The van der Waals surface area contributed by atoms with Gasteiger partial charge in [0.05, 0.1) is 6.10 Å². The fraction of sp³-hybridized carbons (Fsp3) is 1.00. The zero-order valence-corrected chi connectivity index (χ0v) is 12.3. The Labute approximate surface area is 109 Å². The highest BCUT2D eigenvalue weighted by Crippen LogP contribution is 2.06. The standard InChI is InChI=1S/C15H33NO/c1-4-7-8-9-10-13-17-15(11-5-2)14-16-12-6-3/h15-16H,4-14H2,1-3H3. The van der Waals surface area contributed by atoms with Crippen molar-refractivity contribution in [3.05, 3.63) is 0 Å². The molecule has 2 heteroatoms. The van der Waals surface area contributed by atoms with E-state index in [1.807, 2.05) is 0 Å². The van der Waals surface area contributed by atoms with Crippen molar-refractivity contribution in [1.82, 2.24) is 5.32 Å². The third-order valence-electron chi connectivity index (χ3n) is 3.01. The number of unbranched alkanes of at least 4 members (excludes halogenated alkanes) is 4. The van der Waals surface area contributed by atoms with Crippen LogP contribution in [0.5, 0.6) is 0 Å². The summed E-state index contributed by atoms with van der Waals surface area (Å²) in [7, 11) is 0. The molecule has 0 saturated carbocycles. The van der Waals surface area contributed by atoms with Crippen molar-refractivity contribution in [1.29, 1.82) is 0 Å². The minimum absolute atomic E-state index is 0.428. The van der Waals surface area contributed by atoms with Crippen molar-refractivity contribution in [2.24, 2.45) is 0 Å². The summed E-state index contributed by atoms with van der Waals surface area (Å²) in [5.41, 5.74) is 0. The van der Waals surface area contributed by atoms with Crippen LogP contribution < -0.4 is 5.32 Å². The topological polar surface area (TPSA) is 21.3 Å². The maximum absolute atomic E-state index is 5.95. The molecule has 0 aliphatic carbocycles. The minimum Gasteiger partial charge on any atom is -0.377 e. The van der Waals surface area contributed by atoms with Gasteiger partial charge < -0.3 is 10.1 Å². The SMILES string of the molecule is CCCCCCCOC(CCC)CNCCC. The van der Waals surface area contributed by atoms with E-state index in [-0.39, 0.29) is 0 Å². The predicted molar refractivity (Wildman–Crippen MR) is 76.6 cm³/mol. The van der Waals surface area contributed by atoms with E-state index in [2.05, 4.69) is 26.1 Å². The molecule has 17 heavy (non-hydrogen) atoms. The molecule has 0 aromatic heterocycles. The second-order valence-electron chi connectivity index (χ2n) is 4.90. The highest BCUT2D eigenvalue weighted by Gasteiger charge is 2.06. The van der Waals surface area contributed by atoms with Crippen molar-refractivity contribution < 1.29 is 4.74 Å². The van der Waals surface area contributed by atoms with Crippen LogP contribution in [0.2, 0.25) is 0 Å². The first-order valence-electron chi connectivity index (χ1n) is 7.67. The average molecular weight is 243 g/mol. The fourth-order valence-electron chi connectivity index (χ4n) is 1.96. The van der Waals surface area contributed by atoms with Crippen LogP contribution in [-0.4, -0.2) is 25.8 Å². The summed E-state index contributed by atoms with van der Waals surface area (Å²) in [6.45, 7) is 9.78. The largest absolute Gasteiger partial charge is 0.377 e. The van der Waals surface area contributed by atoms with Crippen LogP contribution in [0.3, 0.4) is 0 Å². The van der Waals surface area contributed by atoms with E-state index in [9.17, 15) is 0 Å². The second-order valence-corrected chi connectivity index (χ2v) is 4.90. The number of ether oxygens (including phenoxy) is 1. The lowest BCUT2D eigenvalue weighted by molar-refractivity contribution is 0.0446. The van der Waals surface area contributed by atoms with Gasteiger partial charge in [-0.15, -0.1) is 0 Å². The summed E-state index contributed by atoms with van der Waals surface area (Å²) >= 11 is 0. The summed E-state index contributed by atoms with van der Waals surface area (Å²) in [5, 5.41) is 3.46. The highest BCUT2D eigenvalue weighted by molar-refractivity contribution is 4.61. The van der Waals surface area contributed by atoms with Gasteiger partial charge in [-0.3, -0.25) is 0 Å². The first-order valence-corrected chi connectivity index (χ1v) is 7.67. The van der Waals surface area contributed by atoms with Gasteiger partial charge in [-0.25, -0.2) is 0 Å². The quantitative estimate of drug-likeness (QED) is 0.491. The lowest BCUT2D eigenvalue weighted by Gasteiger charge is -2.17. The maximum atomic E-state index is 5.95. The molecule has 0 radical (unpaired) electrons. The van der Waals surface area contributed by atoms with Crippen LogP contribution in [0.1, 0.15) is 72.1 Å². The molecule has 0 fully saturated rings. The number of rotatable bonds is 13. The van der Waals surface area contributed by atoms with E-state index in [1.165, 1.54) is 51.4 Å². The molecule has 0 spiro atoms. The monoisotopic (exact) mass is 243 g/mol. The lowest BCUT2D eigenvalue weighted by Crippen LogP contribution is -2.30. The van der Waals surface area contributed by atoms with Gasteiger partial charge in [0, 0.05) is 13.2 Å². The third-order valence-corrected chi connectivity index (χ3v) is 3.01. The van der Waals surface area contributed by atoms with Gasteiger partial charge in [-0.2, -0.15) is 0 Å². The van der Waals surface area contributed by atoms with Crippen molar-refractivity contribution in [3.63, 3.8) is 0 Å². The van der Waals surface area contributed by atoms with Crippen LogP contribution in [0, 0.1) is 0 Å². The van der Waals surface area contributed by atoms with Gasteiger partial charge in [-0.05, 0) is 25.8 Å². The summed E-state index contributed by atoms with van der Waals surface area (Å²) in [4.78, 5) is 0. The molecular formula is C15H33NO. The molecule has 2 nitrogen and oxygen atoms in total. The molecule has 0 bridgehead atoms. The Balaban J connectivity index is 3.41. The van der Waals surface area contributed by atoms with E-state index in [0.717, 1.165) is 19.7 Å². The van der Waals surface area contributed by atoms with Crippen LogP contribution in [0.15, 0.2) is 0 Å². The Morgan fingerprint density at radius 1 is 0.882 bits per heavy atom. The van der Waals surface area contributed by atoms with E-state index in [1.54, 1.807) is 0 Å². The van der Waals surface area contributed by atoms with Crippen LogP contribution in [0.4, 0.5) is 0 Å². The van der Waals surface area contributed by atoms with Crippen molar-refractivity contribution >= 4 is 0 Å². The molecule has 0 saturated heterocycles. The third kappa shape index (κ3) is 12.2. The Morgan fingerprint density at radius 2 is 1.65 bits per heavy atom. The molecule has 0 amide bonds. The van der Waals surface area contributed by atoms with Crippen LogP contribution in [-0.2, 0) is 4.74 Å². The number of nitrogens with one attached hydrogen (secondary N) is 1. The van der Waals surface area contributed by atoms with E-state index in [4.69, 9.17) is 4.74 Å². The van der Waals surface area contributed by atoms with Crippen LogP contribution >= 0.6 is 0 Å². The van der Waals surface area contributed by atoms with Gasteiger partial charge in [0.25, 0.3) is 0 Å². The highest BCUT2D eigenvalue weighted by atomic mass is 16.5. The first kappa shape index (κ1) is 16.9. The second kappa shape index (κ2) is 14.0. The fourth-order valence-corrected chi connectivity index (χ4v) is 1.96. The lowest BCUT2D eigenvalue weighted by atomic mass is 10.1. The summed E-state index contributed by atoms with van der Waals surface area (Å²) < 4.78 is 5.95.